The fourth-order valence-corrected chi connectivity index (χ4v) is 6.78. The van der Waals surface area contributed by atoms with Gasteiger partial charge in [0.2, 0.25) is 0 Å². The molecule has 1 aromatic carbocycles. The van der Waals surface area contributed by atoms with Gasteiger partial charge in [0.15, 0.2) is 15.0 Å². The van der Waals surface area contributed by atoms with Gasteiger partial charge in [-0.15, -0.1) is 0 Å². The van der Waals surface area contributed by atoms with Gasteiger partial charge in [0.1, 0.15) is 6.42 Å². The van der Waals surface area contributed by atoms with Gasteiger partial charge >= 0.3 is 0 Å². The first-order valence-electron chi connectivity index (χ1n) is 7.14. The van der Waals surface area contributed by atoms with Gasteiger partial charge in [0.05, 0.1) is 23.6 Å². The fraction of sp³-hybridized carbons (Fsp3) is 0.400. The zero-order chi connectivity index (χ0) is 16.4. The molecule has 2 heterocycles. The Labute approximate surface area is 139 Å². The Bertz CT molecular complexity index is 784. The second-order valence-corrected chi connectivity index (χ2v) is 8.90. The first kappa shape index (κ1) is 16.0. The molecule has 0 saturated carbocycles. The quantitative estimate of drug-likeness (QED) is 0.814. The summed E-state index contributed by atoms with van der Waals surface area (Å²) < 4.78 is 23.8. The van der Waals surface area contributed by atoms with Crippen LogP contribution in [0.25, 0.3) is 0 Å². The van der Waals surface area contributed by atoms with E-state index >= 15 is 0 Å². The van der Waals surface area contributed by atoms with Gasteiger partial charge in [-0.25, -0.2) is 8.42 Å². The summed E-state index contributed by atoms with van der Waals surface area (Å²) in [6, 6.07) is 11.3. The van der Waals surface area contributed by atoms with Crippen LogP contribution in [-0.2, 0) is 21.2 Å². The Morgan fingerprint density at radius 1 is 1.35 bits per heavy atom. The van der Waals surface area contributed by atoms with Crippen molar-refractivity contribution in [2.24, 2.45) is 4.99 Å². The van der Waals surface area contributed by atoms with Crippen LogP contribution in [0.5, 0.6) is 0 Å². The van der Waals surface area contributed by atoms with E-state index in [1.165, 1.54) is 11.8 Å². The predicted molar refractivity (Wildman–Crippen MR) is 88.5 cm³/mol. The number of rotatable bonds is 3. The lowest BCUT2D eigenvalue weighted by molar-refractivity contribution is -0.116. The van der Waals surface area contributed by atoms with Crippen LogP contribution in [0, 0.1) is 11.3 Å². The molecule has 3 rings (SSSR count). The van der Waals surface area contributed by atoms with E-state index in [9.17, 15) is 13.2 Å². The number of amidine groups is 1. The van der Waals surface area contributed by atoms with E-state index in [1.807, 2.05) is 35.2 Å². The van der Waals surface area contributed by atoms with Crippen molar-refractivity contribution in [3.05, 3.63) is 35.9 Å². The highest BCUT2D eigenvalue weighted by molar-refractivity contribution is 8.15. The molecular formula is C15H15N3O3S2. The highest BCUT2D eigenvalue weighted by Gasteiger charge is 2.48. The maximum atomic E-state index is 11.9. The predicted octanol–water partition coefficient (Wildman–Crippen LogP) is 1.20. The zero-order valence-electron chi connectivity index (χ0n) is 12.3. The van der Waals surface area contributed by atoms with Gasteiger partial charge in [-0.1, -0.05) is 42.1 Å². The van der Waals surface area contributed by atoms with Crippen molar-refractivity contribution in [1.29, 1.82) is 5.26 Å². The minimum absolute atomic E-state index is 0.0863. The normalized spacial score (nSPS) is 26.9. The summed E-state index contributed by atoms with van der Waals surface area (Å²) in [5.74, 6) is -0.293. The number of thioether (sulfide) groups is 1. The van der Waals surface area contributed by atoms with Crippen LogP contribution in [0.1, 0.15) is 12.0 Å². The molecule has 23 heavy (non-hydrogen) atoms. The standard InChI is InChI=1S/C15H15N3O3S2/c16-7-6-14(19)17-15-18(8-11-4-2-1-3-5-11)12-9-23(20,21)10-13(12)22-15/h1-5,12-13H,6,8-10H2/t12-,13-/m0/s1. The third-order valence-electron chi connectivity index (χ3n) is 3.82. The van der Waals surface area contributed by atoms with Crippen molar-refractivity contribution in [2.75, 3.05) is 11.5 Å². The Hall–Kier alpha value is -1.85. The molecule has 2 saturated heterocycles. The number of nitriles is 1. The van der Waals surface area contributed by atoms with Gasteiger partial charge in [0.25, 0.3) is 5.91 Å². The Morgan fingerprint density at radius 2 is 2.09 bits per heavy atom. The van der Waals surface area contributed by atoms with Gasteiger partial charge in [-0.3, -0.25) is 4.79 Å². The van der Waals surface area contributed by atoms with Crippen LogP contribution in [-0.4, -0.2) is 47.2 Å². The Balaban J connectivity index is 1.88. The van der Waals surface area contributed by atoms with Crippen LogP contribution >= 0.6 is 11.8 Å². The second kappa shape index (κ2) is 6.34. The Morgan fingerprint density at radius 3 is 2.78 bits per heavy atom. The van der Waals surface area contributed by atoms with E-state index in [1.54, 1.807) is 6.07 Å². The van der Waals surface area contributed by atoms with Crippen LogP contribution in [0.15, 0.2) is 35.3 Å². The number of hydrogen-bond donors (Lipinski definition) is 0. The average molecular weight is 349 g/mol. The van der Waals surface area contributed by atoms with Crippen molar-refractivity contribution in [1.82, 2.24) is 4.90 Å². The SMILES string of the molecule is N#CCC(=O)N=C1S[C@H]2CS(=O)(=O)C[C@@H]2N1Cc1ccccc1. The number of carbonyl (C=O) groups excluding carboxylic acids is 1. The number of nitrogens with zero attached hydrogens (tertiary/aromatic N) is 3. The number of sulfone groups is 1. The fourth-order valence-electron chi connectivity index (χ4n) is 2.81. The largest absolute Gasteiger partial charge is 0.342 e. The molecule has 2 atom stereocenters. The lowest BCUT2D eigenvalue weighted by Crippen LogP contribution is -2.37. The summed E-state index contributed by atoms with van der Waals surface area (Å²) in [4.78, 5) is 17.6. The highest BCUT2D eigenvalue weighted by atomic mass is 32.2. The van der Waals surface area contributed by atoms with Crippen LogP contribution in [0.4, 0.5) is 0 Å². The van der Waals surface area contributed by atoms with Crippen molar-refractivity contribution >= 4 is 32.7 Å². The number of amides is 1. The summed E-state index contributed by atoms with van der Waals surface area (Å²) in [7, 11) is -3.05. The number of fused-ring (bicyclic) bond motifs is 1. The van der Waals surface area contributed by atoms with E-state index < -0.39 is 15.7 Å². The van der Waals surface area contributed by atoms with Gasteiger partial charge in [0, 0.05) is 11.8 Å². The number of carbonyl (C=O) groups is 1. The maximum Gasteiger partial charge on any atom is 0.262 e. The Kier molecular flexibility index (Phi) is 4.41. The maximum absolute atomic E-state index is 11.9. The molecule has 2 aliphatic heterocycles. The molecule has 0 spiro atoms. The van der Waals surface area contributed by atoms with Crippen molar-refractivity contribution in [3.63, 3.8) is 0 Å². The summed E-state index contributed by atoms with van der Waals surface area (Å²) in [6.07, 6.45) is -0.267. The molecule has 2 aliphatic rings. The third-order valence-corrected chi connectivity index (χ3v) is 7.07. The second-order valence-electron chi connectivity index (χ2n) is 5.54. The van der Waals surface area contributed by atoms with Crippen LogP contribution < -0.4 is 0 Å². The summed E-state index contributed by atoms with van der Waals surface area (Å²) >= 11 is 1.33. The smallest absolute Gasteiger partial charge is 0.262 e. The van der Waals surface area contributed by atoms with Gasteiger partial charge in [-0.2, -0.15) is 10.3 Å². The van der Waals surface area contributed by atoms with Gasteiger partial charge in [-0.05, 0) is 5.56 Å². The van der Waals surface area contributed by atoms with E-state index in [-0.39, 0.29) is 29.2 Å². The molecule has 0 aliphatic carbocycles. The van der Waals surface area contributed by atoms with E-state index in [0.29, 0.717) is 11.7 Å². The van der Waals surface area contributed by atoms with Crippen LogP contribution in [0.2, 0.25) is 0 Å². The molecule has 1 amide bonds. The molecule has 0 N–H and O–H groups in total. The van der Waals surface area contributed by atoms with Crippen molar-refractivity contribution < 1.29 is 13.2 Å². The first-order valence-corrected chi connectivity index (χ1v) is 9.85. The molecule has 8 heteroatoms. The molecule has 6 nitrogen and oxygen atoms in total. The number of hydrogen-bond acceptors (Lipinski definition) is 5. The minimum Gasteiger partial charge on any atom is -0.342 e. The number of benzene rings is 1. The summed E-state index contributed by atoms with van der Waals surface area (Å²) in [5.41, 5.74) is 1.03. The summed E-state index contributed by atoms with van der Waals surface area (Å²) in [6.45, 7) is 0.503. The van der Waals surface area contributed by atoms with E-state index in [2.05, 4.69) is 4.99 Å². The number of aliphatic imine (C=N–C) groups is 1. The lowest BCUT2D eigenvalue weighted by Gasteiger charge is -2.24. The molecule has 0 bridgehead atoms. The minimum atomic E-state index is -3.05. The molecule has 0 unspecified atom stereocenters. The third kappa shape index (κ3) is 3.57. The lowest BCUT2D eigenvalue weighted by atomic mass is 10.1. The molecule has 120 valence electrons. The van der Waals surface area contributed by atoms with Crippen molar-refractivity contribution in [3.8, 4) is 6.07 Å². The summed E-state index contributed by atoms with van der Waals surface area (Å²) in [5, 5.41) is 9.03. The average Bonchev–Trinajstić information content (AvgIpc) is 2.94. The first-order chi connectivity index (χ1) is 11.0. The monoisotopic (exact) mass is 349 g/mol. The van der Waals surface area contributed by atoms with Gasteiger partial charge < -0.3 is 4.90 Å². The highest BCUT2D eigenvalue weighted by Crippen LogP contribution is 2.39. The zero-order valence-corrected chi connectivity index (χ0v) is 13.9. The topological polar surface area (TPSA) is 90.6 Å². The molecule has 0 aromatic heterocycles. The van der Waals surface area contributed by atoms with E-state index in [4.69, 9.17) is 5.26 Å². The van der Waals surface area contributed by atoms with E-state index in [0.717, 1.165) is 5.56 Å². The van der Waals surface area contributed by atoms with Crippen molar-refractivity contribution in [2.45, 2.75) is 24.3 Å². The molecule has 0 radical (unpaired) electrons. The molecule has 1 aromatic rings. The van der Waals surface area contributed by atoms with Crippen LogP contribution in [0.3, 0.4) is 0 Å². The molecule has 2 fully saturated rings. The molecular weight excluding hydrogens is 334 g/mol.